The van der Waals surface area contributed by atoms with Gasteiger partial charge < -0.3 is 10.2 Å². The van der Waals surface area contributed by atoms with Crippen LogP contribution in [0.1, 0.15) is 0 Å². The van der Waals surface area contributed by atoms with Crippen molar-refractivity contribution in [2.24, 2.45) is 14.1 Å². The molecule has 0 saturated carbocycles. The Labute approximate surface area is 129 Å². The number of nitrogens with one attached hydrogen (secondary N) is 1. The average Bonchev–Trinajstić information content (AvgIpc) is 2.72. The first-order valence-corrected chi connectivity index (χ1v) is 7.17. The fourth-order valence-corrected chi connectivity index (χ4v) is 2.59. The topological polar surface area (TPSA) is 42.2 Å². The van der Waals surface area contributed by atoms with Crippen LogP contribution in [0.2, 0.25) is 0 Å². The number of hydrogen-bond donors (Lipinski definition) is 1. The highest BCUT2D eigenvalue weighted by atomic mass is 16.1. The van der Waals surface area contributed by atoms with Crippen molar-refractivity contribution in [1.82, 2.24) is 9.13 Å². The Morgan fingerprint density at radius 3 is 2.09 bits per heavy atom. The van der Waals surface area contributed by atoms with Crippen LogP contribution in [0.3, 0.4) is 0 Å². The third-order valence-corrected chi connectivity index (χ3v) is 3.94. The van der Waals surface area contributed by atoms with E-state index < -0.39 is 0 Å². The van der Waals surface area contributed by atoms with Gasteiger partial charge in [0.25, 0.3) is 0 Å². The van der Waals surface area contributed by atoms with Crippen molar-refractivity contribution in [1.29, 1.82) is 0 Å². The smallest absolute Gasteiger partial charge is 0.328 e. The summed E-state index contributed by atoms with van der Waals surface area (Å²) in [6.07, 6.45) is 0. The molecule has 0 saturated heterocycles. The lowest BCUT2D eigenvalue weighted by Crippen LogP contribution is -2.19. The number of aryl methyl sites for hydroxylation is 2. The zero-order valence-corrected chi connectivity index (χ0v) is 13.3. The molecule has 2 aromatic carbocycles. The molecule has 0 bridgehead atoms. The normalized spacial score (nSPS) is 10.9. The van der Waals surface area contributed by atoms with Crippen LogP contribution in [-0.2, 0) is 14.1 Å². The highest BCUT2D eigenvalue weighted by molar-refractivity contribution is 5.81. The summed E-state index contributed by atoms with van der Waals surface area (Å²) < 4.78 is 3.32. The number of nitrogens with zero attached hydrogens (tertiary/aromatic N) is 3. The van der Waals surface area contributed by atoms with Crippen LogP contribution < -0.4 is 15.9 Å². The summed E-state index contributed by atoms with van der Waals surface area (Å²) in [5, 5.41) is 3.37. The highest BCUT2D eigenvalue weighted by Crippen LogP contribution is 2.23. The molecule has 5 heteroatoms. The lowest BCUT2D eigenvalue weighted by molar-refractivity contribution is 0.795. The summed E-state index contributed by atoms with van der Waals surface area (Å²) in [5.41, 5.74) is 4.98. The third kappa shape index (κ3) is 2.35. The van der Waals surface area contributed by atoms with Crippen LogP contribution in [0.25, 0.3) is 11.0 Å². The maximum Gasteiger partial charge on any atom is 0.328 e. The summed E-state index contributed by atoms with van der Waals surface area (Å²) in [4.78, 5) is 14.0. The molecule has 0 unspecified atom stereocenters. The summed E-state index contributed by atoms with van der Waals surface area (Å²) in [6.45, 7) is 0. The van der Waals surface area contributed by atoms with Crippen LogP contribution in [0.15, 0.2) is 47.3 Å². The fourth-order valence-electron chi connectivity index (χ4n) is 2.59. The molecule has 114 valence electrons. The van der Waals surface area contributed by atoms with Gasteiger partial charge in [-0.05, 0) is 42.5 Å². The molecule has 3 aromatic rings. The van der Waals surface area contributed by atoms with E-state index >= 15 is 0 Å². The average molecular weight is 296 g/mol. The SMILES string of the molecule is CN(C)c1ccc(Nc2ccc3c(c2)n(C)c(=O)n3C)cc1. The lowest BCUT2D eigenvalue weighted by Gasteiger charge is -2.13. The van der Waals surface area contributed by atoms with Crippen molar-refractivity contribution in [3.8, 4) is 0 Å². The molecule has 1 N–H and O–H groups in total. The largest absolute Gasteiger partial charge is 0.378 e. The number of benzene rings is 2. The molecule has 22 heavy (non-hydrogen) atoms. The first-order chi connectivity index (χ1) is 10.5. The van der Waals surface area contributed by atoms with Gasteiger partial charge in [0, 0.05) is 45.3 Å². The molecule has 0 fully saturated rings. The zero-order chi connectivity index (χ0) is 15.9. The first kappa shape index (κ1) is 14.3. The second-order valence-electron chi connectivity index (χ2n) is 5.67. The molecule has 5 nitrogen and oxygen atoms in total. The van der Waals surface area contributed by atoms with Crippen molar-refractivity contribution in [3.05, 3.63) is 52.9 Å². The van der Waals surface area contributed by atoms with Crippen LogP contribution in [0.4, 0.5) is 17.1 Å². The van der Waals surface area contributed by atoms with Gasteiger partial charge in [-0.25, -0.2) is 4.79 Å². The van der Waals surface area contributed by atoms with Crippen molar-refractivity contribution < 1.29 is 0 Å². The van der Waals surface area contributed by atoms with E-state index in [1.165, 1.54) is 0 Å². The van der Waals surface area contributed by atoms with Gasteiger partial charge in [-0.1, -0.05) is 0 Å². The molecule has 0 atom stereocenters. The van der Waals surface area contributed by atoms with E-state index in [0.717, 1.165) is 28.1 Å². The highest BCUT2D eigenvalue weighted by Gasteiger charge is 2.08. The Hall–Kier alpha value is -2.69. The molecule has 0 amide bonds. The maximum absolute atomic E-state index is 12.0. The maximum atomic E-state index is 12.0. The summed E-state index contributed by atoms with van der Waals surface area (Å²) in [7, 11) is 7.62. The zero-order valence-electron chi connectivity index (χ0n) is 13.3. The van der Waals surface area contributed by atoms with Crippen molar-refractivity contribution >= 4 is 28.1 Å². The van der Waals surface area contributed by atoms with E-state index in [-0.39, 0.29) is 5.69 Å². The van der Waals surface area contributed by atoms with Gasteiger partial charge in [0.2, 0.25) is 0 Å². The van der Waals surface area contributed by atoms with E-state index in [0.29, 0.717) is 0 Å². The number of rotatable bonds is 3. The molecule has 0 aliphatic carbocycles. The van der Waals surface area contributed by atoms with Crippen LogP contribution in [0.5, 0.6) is 0 Å². The van der Waals surface area contributed by atoms with E-state index in [2.05, 4.69) is 22.3 Å². The van der Waals surface area contributed by atoms with E-state index in [1.54, 1.807) is 23.2 Å². The molecule has 0 aliphatic rings. The number of fused-ring (bicyclic) bond motifs is 1. The molecule has 1 heterocycles. The van der Waals surface area contributed by atoms with Gasteiger partial charge in [0.05, 0.1) is 11.0 Å². The number of aromatic nitrogens is 2. The number of imidazole rings is 1. The summed E-state index contributed by atoms with van der Waals surface area (Å²) in [5.74, 6) is 0. The third-order valence-electron chi connectivity index (χ3n) is 3.94. The second kappa shape index (κ2) is 5.26. The van der Waals surface area contributed by atoms with E-state index in [4.69, 9.17) is 0 Å². The van der Waals surface area contributed by atoms with Gasteiger partial charge in [-0.2, -0.15) is 0 Å². The van der Waals surface area contributed by atoms with Gasteiger partial charge in [-0.3, -0.25) is 9.13 Å². The fraction of sp³-hybridized carbons (Fsp3) is 0.235. The van der Waals surface area contributed by atoms with Crippen LogP contribution in [0, 0.1) is 0 Å². The predicted octanol–water partition coefficient (Wildman–Crippen LogP) is 2.69. The first-order valence-electron chi connectivity index (χ1n) is 7.17. The molecule has 3 rings (SSSR count). The van der Waals surface area contributed by atoms with E-state index in [9.17, 15) is 4.79 Å². The quantitative estimate of drug-likeness (QED) is 0.808. The molecular formula is C17H20N4O. The Bertz CT molecular complexity index is 872. The molecular weight excluding hydrogens is 276 g/mol. The van der Waals surface area contributed by atoms with Crippen molar-refractivity contribution in [2.45, 2.75) is 0 Å². The minimum atomic E-state index is -0.0116. The molecule has 0 spiro atoms. The van der Waals surface area contributed by atoms with E-state index in [1.807, 2.05) is 44.4 Å². The Kier molecular flexibility index (Phi) is 3.41. The molecule has 0 radical (unpaired) electrons. The monoisotopic (exact) mass is 296 g/mol. The minimum Gasteiger partial charge on any atom is -0.378 e. The van der Waals surface area contributed by atoms with Gasteiger partial charge >= 0.3 is 5.69 Å². The van der Waals surface area contributed by atoms with Gasteiger partial charge in [0.15, 0.2) is 0 Å². The summed E-state index contributed by atoms with van der Waals surface area (Å²) in [6, 6.07) is 14.2. The van der Waals surface area contributed by atoms with Crippen LogP contribution >= 0.6 is 0 Å². The standard InChI is InChI=1S/C17H20N4O/c1-19(2)14-8-5-12(6-9-14)18-13-7-10-15-16(11-13)21(4)17(22)20(15)3/h5-11,18H,1-4H3. The van der Waals surface area contributed by atoms with Gasteiger partial charge in [0.1, 0.15) is 0 Å². The molecule has 1 aromatic heterocycles. The second-order valence-corrected chi connectivity index (χ2v) is 5.67. The van der Waals surface area contributed by atoms with Gasteiger partial charge in [-0.15, -0.1) is 0 Å². The molecule has 0 aliphatic heterocycles. The number of anilines is 3. The Morgan fingerprint density at radius 2 is 1.45 bits per heavy atom. The van der Waals surface area contributed by atoms with Crippen molar-refractivity contribution in [2.75, 3.05) is 24.3 Å². The van der Waals surface area contributed by atoms with Crippen LogP contribution in [-0.4, -0.2) is 23.2 Å². The predicted molar refractivity (Wildman–Crippen MR) is 92.2 cm³/mol. The number of hydrogen-bond acceptors (Lipinski definition) is 3. The lowest BCUT2D eigenvalue weighted by atomic mass is 10.2. The Morgan fingerprint density at radius 1 is 0.864 bits per heavy atom. The van der Waals surface area contributed by atoms with Crippen molar-refractivity contribution in [3.63, 3.8) is 0 Å². The Balaban J connectivity index is 1.94. The summed E-state index contributed by atoms with van der Waals surface area (Å²) >= 11 is 0. The minimum absolute atomic E-state index is 0.0116.